The molecule has 1 aromatic carbocycles. The van der Waals surface area contributed by atoms with E-state index in [-0.39, 0.29) is 23.0 Å². The maximum absolute atomic E-state index is 12.6. The molecule has 1 aliphatic carbocycles. The van der Waals surface area contributed by atoms with E-state index in [1.165, 1.54) is 81.8 Å². The van der Waals surface area contributed by atoms with E-state index in [4.69, 9.17) is 0 Å². The molecule has 31 heavy (non-hydrogen) atoms. The van der Waals surface area contributed by atoms with Gasteiger partial charge in [-0.1, -0.05) is 115 Å². The first-order valence-electron chi connectivity index (χ1n) is 12.4. The predicted molar refractivity (Wildman–Crippen MR) is 124 cm³/mol. The standard InChI is InChI=1S/C26H37N3O2/c1-2-3-4-5-6-7-8-9-10-11-12-13-14-17-20-29-27-23-24(28-29)26(31)22-19-16-15-18-21(22)25(23)30/h15-16,18-19H,2-14,17,20H2,1H3. The van der Waals surface area contributed by atoms with E-state index in [9.17, 15) is 9.59 Å². The van der Waals surface area contributed by atoms with Crippen LogP contribution in [0.4, 0.5) is 0 Å². The van der Waals surface area contributed by atoms with Gasteiger partial charge in [-0.3, -0.25) is 9.59 Å². The highest BCUT2D eigenvalue weighted by Crippen LogP contribution is 2.24. The van der Waals surface area contributed by atoms with Gasteiger partial charge in [-0.05, 0) is 6.42 Å². The van der Waals surface area contributed by atoms with Crippen LogP contribution in [-0.2, 0) is 6.54 Å². The van der Waals surface area contributed by atoms with Crippen molar-refractivity contribution in [3.05, 3.63) is 46.8 Å². The highest BCUT2D eigenvalue weighted by Gasteiger charge is 2.33. The highest BCUT2D eigenvalue weighted by atomic mass is 16.1. The second kappa shape index (κ2) is 12.5. The summed E-state index contributed by atoms with van der Waals surface area (Å²) in [5.41, 5.74) is 1.27. The Balaban J connectivity index is 1.26. The number of ketones is 2. The van der Waals surface area contributed by atoms with Crippen LogP contribution in [0.5, 0.6) is 0 Å². The lowest BCUT2D eigenvalue weighted by molar-refractivity contribution is 0.0974. The molecule has 0 aliphatic heterocycles. The number of carbonyl (C=O) groups excluding carboxylic acids is 2. The number of benzene rings is 1. The smallest absolute Gasteiger partial charge is 0.216 e. The van der Waals surface area contributed by atoms with E-state index in [0.717, 1.165) is 12.8 Å². The van der Waals surface area contributed by atoms with Crippen LogP contribution >= 0.6 is 0 Å². The Bertz CT molecular complexity index is 804. The summed E-state index contributed by atoms with van der Waals surface area (Å²) >= 11 is 0. The van der Waals surface area contributed by atoms with Gasteiger partial charge < -0.3 is 0 Å². The largest absolute Gasteiger partial charge is 0.287 e. The second-order valence-electron chi connectivity index (χ2n) is 8.79. The fourth-order valence-electron chi connectivity index (χ4n) is 4.34. The van der Waals surface area contributed by atoms with Gasteiger partial charge in [-0.15, -0.1) is 10.2 Å². The monoisotopic (exact) mass is 423 g/mol. The number of hydrogen-bond donors (Lipinski definition) is 0. The Morgan fingerprint density at radius 3 is 1.42 bits per heavy atom. The summed E-state index contributed by atoms with van der Waals surface area (Å²) in [5, 5.41) is 8.63. The zero-order valence-corrected chi connectivity index (χ0v) is 19.1. The maximum atomic E-state index is 12.6. The number of hydrogen-bond acceptors (Lipinski definition) is 4. The third kappa shape index (κ3) is 6.59. The molecule has 0 bridgehead atoms. The first-order chi connectivity index (χ1) is 15.2. The molecule has 0 amide bonds. The SMILES string of the molecule is CCCCCCCCCCCCCCCCn1nc2c(n1)C(=O)c1ccccc1C2=O. The molecule has 1 heterocycles. The lowest BCUT2D eigenvalue weighted by Gasteiger charge is -2.10. The molecule has 2 aromatic rings. The van der Waals surface area contributed by atoms with Crippen molar-refractivity contribution < 1.29 is 9.59 Å². The maximum Gasteiger partial charge on any atom is 0.216 e. The van der Waals surface area contributed by atoms with Crippen molar-refractivity contribution in [1.29, 1.82) is 0 Å². The molecule has 0 fully saturated rings. The molecule has 0 N–H and O–H groups in total. The van der Waals surface area contributed by atoms with Gasteiger partial charge in [0, 0.05) is 11.1 Å². The zero-order valence-electron chi connectivity index (χ0n) is 19.1. The Kier molecular flexibility index (Phi) is 9.44. The minimum Gasteiger partial charge on any atom is -0.287 e. The van der Waals surface area contributed by atoms with E-state index in [2.05, 4.69) is 17.1 Å². The molecule has 0 atom stereocenters. The predicted octanol–water partition coefficient (Wildman–Crippen LogP) is 6.53. The molecule has 1 aromatic heterocycles. The van der Waals surface area contributed by atoms with Gasteiger partial charge in [0.1, 0.15) is 0 Å². The van der Waals surface area contributed by atoms with Crippen molar-refractivity contribution in [3.8, 4) is 0 Å². The number of nitrogens with zero attached hydrogens (tertiary/aromatic N) is 3. The number of aryl methyl sites for hydroxylation is 1. The van der Waals surface area contributed by atoms with Crippen molar-refractivity contribution in [1.82, 2.24) is 15.0 Å². The number of carbonyl (C=O) groups is 2. The van der Waals surface area contributed by atoms with Crippen molar-refractivity contribution in [2.75, 3.05) is 0 Å². The summed E-state index contributed by atoms with van der Waals surface area (Å²) in [5.74, 6) is -0.394. The lowest BCUT2D eigenvalue weighted by atomic mass is 9.90. The summed E-state index contributed by atoms with van der Waals surface area (Å²) in [4.78, 5) is 26.7. The topological polar surface area (TPSA) is 64.8 Å². The minimum atomic E-state index is -0.197. The Morgan fingerprint density at radius 2 is 1.00 bits per heavy atom. The molecular formula is C26H37N3O2. The minimum absolute atomic E-state index is 0.197. The van der Waals surface area contributed by atoms with Crippen LogP contribution < -0.4 is 0 Å². The molecule has 0 unspecified atom stereocenters. The van der Waals surface area contributed by atoms with Crippen molar-refractivity contribution >= 4 is 11.6 Å². The van der Waals surface area contributed by atoms with Gasteiger partial charge in [0.05, 0.1) is 6.54 Å². The van der Waals surface area contributed by atoms with E-state index in [1.54, 1.807) is 24.3 Å². The fourth-order valence-corrected chi connectivity index (χ4v) is 4.34. The first-order valence-corrected chi connectivity index (χ1v) is 12.4. The molecule has 3 rings (SSSR count). The van der Waals surface area contributed by atoms with Crippen molar-refractivity contribution in [2.45, 2.75) is 103 Å². The van der Waals surface area contributed by atoms with Gasteiger partial charge in [-0.2, -0.15) is 4.80 Å². The Hall–Kier alpha value is -2.30. The third-order valence-corrected chi connectivity index (χ3v) is 6.21. The van der Waals surface area contributed by atoms with Gasteiger partial charge in [-0.25, -0.2) is 0 Å². The molecule has 168 valence electrons. The molecule has 1 aliphatic rings. The lowest BCUT2D eigenvalue weighted by Crippen LogP contribution is -2.20. The van der Waals surface area contributed by atoms with E-state index < -0.39 is 0 Å². The summed E-state index contributed by atoms with van der Waals surface area (Å²) < 4.78 is 0. The molecule has 5 heteroatoms. The van der Waals surface area contributed by atoms with Crippen LogP contribution in [-0.4, -0.2) is 26.6 Å². The second-order valence-corrected chi connectivity index (χ2v) is 8.79. The van der Waals surface area contributed by atoms with E-state index >= 15 is 0 Å². The average molecular weight is 424 g/mol. The average Bonchev–Trinajstić information content (AvgIpc) is 3.22. The van der Waals surface area contributed by atoms with Crippen molar-refractivity contribution in [3.63, 3.8) is 0 Å². The number of unbranched alkanes of at least 4 members (excludes halogenated alkanes) is 13. The van der Waals surface area contributed by atoms with Crippen molar-refractivity contribution in [2.24, 2.45) is 0 Å². The molecule has 0 saturated heterocycles. The molecular weight excluding hydrogens is 386 g/mol. The van der Waals surface area contributed by atoms with E-state index in [0.29, 0.717) is 17.7 Å². The normalized spacial score (nSPS) is 12.8. The third-order valence-electron chi connectivity index (χ3n) is 6.21. The fraction of sp³-hybridized carbons (Fsp3) is 0.615. The van der Waals surface area contributed by atoms with Crippen LogP contribution in [0.25, 0.3) is 0 Å². The molecule has 0 saturated carbocycles. The zero-order chi connectivity index (χ0) is 21.9. The van der Waals surface area contributed by atoms with Gasteiger partial charge in [0.2, 0.25) is 11.6 Å². The van der Waals surface area contributed by atoms with Gasteiger partial charge in [0.25, 0.3) is 0 Å². The first kappa shape index (κ1) is 23.4. The van der Waals surface area contributed by atoms with Crippen LogP contribution in [0.1, 0.15) is 129 Å². The highest BCUT2D eigenvalue weighted by molar-refractivity contribution is 6.26. The summed E-state index contributed by atoms with van der Waals surface area (Å²) in [7, 11) is 0. The molecule has 0 radical (unpaired) electrons. The number of fused-ring (bicyclic) bond motifs is 2. The Morgan fingerprint density at radius 1 is 0.613 bits per heavy atom. The van der Waals surface area contributed by atoms with Crippen LogP contribution in [0, 0.1) is 0 Å². The van der Waals surface area contributed by atoms with Crippen LogP contribution in [0.15, 0.2) is 24.3 Å². The summed E-state index contributed by atoms with van der Waals surface area (Å²) in [6, 6.07) is 6.92. The van der Waals surface area contributed by atoms with E-state index in [1.807, 2.05) is 0 Å². The molecule has 5 nitrogen and oxygen atoms in total. The summed E-state index contributed by atoms with van der Waals surface area (Å²) in [6.07, 6.45) is 18.4. The molecule has 0 spiro atoms. The van der Waals surface area contributed by atoms with Crippen LogP contribution in [0.3, 0.4) is 0 Å². The van der Waals surface area contributed by atoms with Crippen LogP contribution in [0.2, 0.25) is 0 Å². The van der Waals surface area contributed by atoms with Gasteiger partial charge >= 0.3 is 0 Å². The number of rotatable bonds is 15. The number of aromatic nitrogens is 3. The summed E-state index contributed by atoms with van der Waals surface area (Å²) in [6.45, 7) is 2.92. The Labute approximate surface area is 186 Å². The quantitative estimate of drug-likeness (QED) is 0.260. The van der Waals surface area contributed by atoms with Gasteiger partial charge in [0.15, 0.2) is 11.4 Å².